The summed E-state index contributed by atoms with van der Waals surface area (Å²) in [6, 6.07) is 10.6. The molecule has 3 heterocycles. The second-order valence-electron chi connectivity index (χ2n) is 6.49. The highest BCUT2D eigenvalue weighted by molar-refractivity contribution is 5.80. The average molecular weight is 326 g/mol. The molecule has 1 aromatic heterocycles. The van der Waals surface area contributed by atoms with Crippen molar-refractivity contribution in [3.05, 3.63) is 48.5 Å². The highest BCUT2D eigenvalue weighted by Gasteiger charge is 2.37. The predicted octanol–water partition coefficient (Wildman–Crippen LogP) is 0.907. The summed E-state index contributed by atoms with van der Waals surface area (Å²) in [5.74, 6) is 0.183. The van der Waals surface area contributed by atoms with Gasteiger partial charge in [-0.1, -0.05) is 30.3 Å². The first-order chi connectivity index (χ1) is 11.8. The molecule has 7 nitrogen and oxygen atoms in total. The number of hydrogen-bond acceptors (Lipinski definition) is 5. The van der Waals surface area contributed by atoms with Crippen LogP contribution in [-0.2, 0) is 4.79 Å². The van der Waals surface area contributed by atoms with Crippen LogP contribution < -0.4 is 10.9 Å². The molecule has 0 spiro atoms. The Morgan fingerprint density at radius 2 is 1.79 bits per heavy atom. The standard InChI is InChI=1S/C17H22N6O/c24-17(15-10-18-21-16(15)13-4-2-1-3-5-13)22-8-6-14(7-9-22)23-11-19-20-12-23/h1-5,11-12,14-16,18,21H,6-10H2. The monoisotopic (exact) mass is 326 g/mol. The maximum atomic E-state index is 13.0. The van der Waals surface area contributed by atoms with E-state index in [0.717, 1.165) is 31.5 Å². The van der Waals surface area contributed by atoms with Crippen LogP contribution in [0.5, 0.6) is 0 Å². The normalized spacial score (nSPS) is 25.1. The summed E-state index contributed by atoms with van der Waals surface area (Å²) in [5, 5.41) is 7.75. The molecule has 0 bridgehead atoms. The summed E-state index contributed by atoms with van der Waals surface area (Å²) in [4.78, 5) is 15.0. The zero-order chi connectivity index (χ0) is 16.4. The highest BCUT2D eigenvalue weighted by atomic mass is 16.2. The molecule has 126 valence electrons. The molecule has 24 heavy (non-hydrogen) atoms. The number of amides is 1. The fourth-order valence-corrected chi connectivity index (χ4v) is 3.72. The lowest BCUT2D eigenvalue weighted by Gasteiger charge is -2.34. The topological polar surface area (TPSA) is 75.1 Å². The van der Waals surface area contributed by atoms with Crippen LogP contribution in [0.15, 0.2) is 43.0 Å². The van der Waals surface area contributed by atoms with Crippen LogP contribution in [0.4, 0.5) is 0 Å². The first kappa shape index (κ1) is 15.3. The van der Waals surface area contributed by atoms with Gasteiger partial charge in [0.05, 0.1) is 12.0 Å². The van der Waals surface area contributed by atoms with Crippen molar-refractivity contribution in [2.45, 2.75) is 24.9 Å². The smallest absolute Gasteiger partial charge is 0.229 e. The van der Waals surface area contributed by atoms with Crippen molar-refractivity contribution >= 4 is 5.91 Å². The van der Waals surface area contributed by atoms with E-state index >= 15 is 0 Å². The quantitative estimate of drug-likeness (QED) is 0.877. The number of nitrogens with zero attached hydrogens (tertiary/aromatic N) is 4. The third-order valence-electron chi connectivity index (χ3n) is 5.09. The number of aromatic nitrogens is 3. The minimum Gasteiger partial charge on any atom is -0.342 e. The number of hydrazine groups is 1. The molecule has 2 N–H and O–H groups in total. The van der Waals surface area contributed by atoms with Gasteiger partial charge in [0.2, 0.25) is 5.91 Å². The van der Waals surface area contributed by atoms with Crippen LogP contribution in [0.3, 0.4) is 0 Å². The fourth-order valence-electron chi connectivity index (χ4n) is 3.72. The summed E-state index contributed by atoms with van der Waals surface area (Å²) in [7, 11) is 0. The van der Waals surface area contributed by atoms with E-state index in [4.69, 9.17) is 0 Å². The van der Waals surface area contributed by atoms with Crippen molar-refractivity contribution in [2.24, 2.45) is 5.92 Å². The van der Waals surface area contributed by atoms with E-state index in [-0.39, 0.29) is 17.9 Å². The number of hydrogen-bond donors (Lipinski definition) is 2. The SMILES string of the molecule is O=C(C1CNNC1c1ccccc1)N1CCC(n2cnnc2)CC1. The third kappa shape index (κ3) is 2.92. The first-order valence-electron chi connectivity index (χ1n) is 8.49. The molecule has 0 saturated carbocycles. The largest absolute Gasteiger partial charge is 0.342 e. The first-order valence-corrected chi connectivity index (χ1v) is 8.49. The van der Waals surface area contributed by atoms with Gasteiger partial charge in [-0.15, -0.1) is 10.2 Å². The van der Waals surface area contributed by atoms with Crippen LogP contribution in [0.1, 0.15) is 30.5 Å². The molecule has 0 radical (unpaired) electrons. The summed E-state index contributed by atoms with van der Waals surface area (Å²) >= 11 is 0. The van der Waals surface area contributed by atoms with Crippen molar-refractivity contribution in [3.63, 3.8) is 0 Å². The molecular weight excluding hydrogens is 304 g/mol. The van der Waals surface area contributed by atoms with Gasteiger partial charge >= 0.3 is 0 Å². The minimum atomic E-state index is -0.0566. The second-order valence-corrected chi connectivity index (χ2v) is 6.49. The number of piperidine rings is 1. The Bertz CT molecular complexity index is 666. The maximum Gasteiger partial charge on any atom is 0.229 e. The molecule has 2 unspecified atom stereocenters. The summed E-state index contributed by atoms with van der Waals surface area (Å²) in [5.41, 5.74) is 7.56. The Balaban J connectivity index is 1.41. The summed E-state index contributed by atoms with van der Waals surface area (Å²) in [6.45, 7) is 2.25. The molecule has 7 heteroatoms. The Labute approximate surface area is 141 Å². The van der Waals surface area contributed by atoms with Crippen molar-refractivity contribution in [2.75, 3.05) is 19.6 Å². The van der Waals surface area contributed by atoms with Gasteiger partial charge in [0.15, 0.2) is 0 Å². The Morgan fingerprint density at radius 3 is 2.50 bits per heavy atom. The lowest BCUT2D eigenvalue weighted by atomic mass is 9.92. The molecule has 2 aliphatic heterocycles. The molecule has 2 fully saturated rings. The van der Waals surface area contributed by atoms with E-state index in [1.807, 2.05) is 27.7 Å². The van der Waals surface area contributed by atoms with Crippen molar-refractivity contribution < 1.29 is 4.79 Å². The average Bonchev–Trinajstić information content (AvgIpc) is 3.34. The van der Waals surface area contributed by atoms with Gasteiger partial charge in [-0.3, -0.25) is 10.2 Å². The zero-order valence-electron chi connectivity index (χ0n) is 13.5. The molecule has 2 saturated heterocycles. The number of rotatable bonds is 3. The van der Waals surface area contributed by atoms with E-state index in [1.165, 1.54) is 0 Å². The Hall–Kier alpha value is -2.25. The van der Waals surface area contributed by atoms with Crippen LogP contribution >= 0.6 is 0 Å². The number of nitrogens with one attached hydrogen (secondary N) is 2. The van der Waals surface area contributed by atoms with Gasteiger partial charge < -0.3 is 9.47 Å². The van der Waals surface area contributed by atoms with Crippen LogP contribution in [0.2, 0.25) is 0 Å². The van der Waals surface area contributed by atoms with E-state index in [1.54, 1.807) is 12.7 Å². The van der Waals surface area contributed by atoms with Gasteiger partial charge in [-0.2, -0.15) is 0 Å². The zero-order valence-corrected chi connectivity index (χ0v) is 13.5. The minimum absolute atomic E-state index is 0.0364. The number of carbonyl (C=O) groups excluding carboxylic acids is 1. The Kier molecular flexibility index (Phi) is 4.27. The molecule has 2 aliphatic rings. The van der Waals surface area contributed by atoms with Gasteiger partial charge in [0.25, 0.3) is 0 Å². The summed E-state index contributed by atoms with van der Waals surface area (Å²) < 4.78 is 2.05. The Morgan fingerprint density at radius 1 is 1.08 bits per heavy atom. The highest BCUT2D eigenvalue weighted by Crippen LogP contribution is 2.29. The molecule has 1 amide bonds. The lowest BCUT2D eigenvalue weighted by Crippen LogP contribution is -2.44. The van der Waals surface area contributed by atoms with Crippen molar-refractivity contribution in [1.29, 1.82) is 0 Å². The lowest BCUT2D eigenvalue weighted by molar-refractivity contribution is -0.136. The van der Waals surface area contributed by atoms with Crippen LogP contribution in [-0.4, -0.2) is 45.2 Å². The predicted molar refractivity (Wildman–Crippen MR) is 88.7 cm³/mol. The van der Waals surface area contributed by atoms with E-state index < -0.39 is 0 Å². The molecule has 4 rings (SSSR count). The molecule has 0 aliphatic carbocycles. The molecule has 2 atom stereocenters. The van der Waals surface area contributed by atoms with E-state index in [0.29, 0.717) is 12.6 Å². The molecular formula is C17H22N6O. The molecule has 1 aromatic carbocycles. The van der Waals surface area contributed by atoms with E-state index in [2.05, 4.69) is 33.2 Å². The second kappa shape index (κ2) is 6.70. The third-order valence-corrected chi connectivity index (χ3v) is 5.09. The van der Waals surface area contributed by atoms with Gasteiger partial charge in [0, 0.05) is 25.7 Å². The van der Waals surface area contributed by atoms with Gasteiger partial charge in [-0.05, 0) is 18.4 Å². The van der Waals surface area contributed by atoms with E-state index in [9.17, 15) is 4.79 Å². The van der Waals surface area contributed by atoms with Crippen LogP contribution in [0, 0.1) is 5.92 Å². The number of benzene rings is 1. The fraction of sp³-hybridized carbons (Fsp3) is 0.471. The molecule has 2 aromatic rings. The van der Waals surface area contributed by atoms with Gasteiger partial charge in [0.1, 0.15) is 12.7 Å². The van der Waals surface area contributed by atoms with Gasteiger partial charge in [-0.25, -0.2) is 5.43 Å². The van der Waals surface area contributed by atoms with Crippen LogP contribution in [0.25, 0.3) is 0 Å². The van der Waals surface area contributed by atoms with Crippen molar-refractivity contribution in [3.8, 4) is 0 Å². The summed E-state index contributed by atoms with van der Waals surface area (Å²) in [6.07, 6.45) is 5.43. The number of carbonyl (C=O) groups is 1. The number of likely N-dealkylation sites (tertiary alicyclic amines) is 1. The maximum absolute atomic E-state index is 13.0. The van der Waals surface area contributed by atoms with Crippen molar-refractivity contribution in [1.82, 2.24) is 30.5 Å².